The topological polar surface area (TPSA) is 86.2 Å². The second kappa shape index (κ2) is 12.3. The van der Waals surface area contributed by atoms with Gasteiger partial charge in [-0.15, -0.1) is 0 Å². The van der Waals surface area contributed by atoms with Crippen LogP contribution in [0.5, 0.6) is 0 Å². The van der Waals surface area contributed by atoms with E-state index in [9.17, 15) is 15.8 Å². The average molecular weight is 725 g/mol. The lowest BCUT2D eigenvalue weighted by atomic mass is 10.0. The Morgan fingerprint density at radius 1 is 0.316 bits per heavy atom. The number of aromatic nitrogens is 3. The molecule has 0 atom stereocenters. The van der Waals surface area contributed by atoms with Gasteiger partial charge in [0.2, 0.25) is 0 Å². The van der Waals surface area contributed by atoms with Crippen molar-refractivity contribution in [2.75, 3.05) is 0 Å². The van der Waals surface area contributed by atoms with Crippen molar-refractivity contribution in [3.05, 3.63) is 187 Å². The monoisotopic (exact) mass is 724 g/mol. The van der Waals surface area contributed by atoms with E-state index in [1.807, 2.05) is 60.7 Å². The van der Waals surface area contributed by atoms with Crippen molar-refractivity contribution < 1.29 is 0 Å². The number of benzene rings is 8. The molecule has 0 aliphatic rings. The third-order valence-electron chi connectivity index (χ3n) is 11.3. The molecule has 0 spiro atoms. The molecule has 0 bridgehead atoms. The first kappa shape index (κ1) is 32.1. The van der Waals surface area contributed by atoms with Gasteiger partial charge in [-0.05, 0) is 102 Å². The molecule has 0 saturated carbocycles. The summed E-state index contributed by atoms with van der Waals surface area (Å²) in [7, 11) is 0. The van der Waals surface area contributed by atoms with E-state index in [0.29, 0.717) is 16.7 Å². The predicted octanol–water partition coefficient (Wildman–Crippen LogP) is 12.3. The summed E-state index contributed by atoms with van der Waals surface area (Å²) in [6, 6.07) is 64.9. The lowest BCUT2D eigenvalue weighted by molar-refractivity contribution is 1.15. The molecule has 0 fully saturated rings. The van der Waals surface area contributed by atoms with Crippen LogP contribution in [0.1, 0.15) is 16.7 Å². The number of para-hydroxylation sites is 3. The van der Waals surface area contributed by atoms with Crippen molar-refractivity contribution in [3.63, 3.8) is 0 Å². The van der Waals surface area contributed by atoms with Crippen LogP contribution in [0.25, 0.3) is 93.6 Å². The normalized spacial score (nSPS) is 11.5. The molecule has 0 N–H and O–H groups in total. The Kier molecular flexibility index (Phi) is 6.95. The van der Waals surface area contributed by atoms with Crippen molar-refractivity contribution in [2.24, 2.45) is 0 Å². The third-order valence-corrected chi connectivity index (χ3v) is 11.3. The maximum absolute atomic E-state index is 10.5. The lowest BCUT2D eigenvalue weighted by Crippen LogP contribution is -1.98. The van der Waals surface area contributed by atoms with Crippen LogP contribution >= 0.6 is 0 Å². The van der Waals surface area contributed by atoms with Crippen LogP contribution in [0.15, 0.2) is 170 Å². The van der Waals surface area contributed by atoms with E-state index in [4.69, 9.17) is 0 Å². The molecule has 57 heavy (non-hydrogen) atoms. The van der Waals surface area contributed by atoms with Gasteiger partial charge in [-0.2, -0.15) is 15.8 Å². The zero-order valence-corrected chi connectivity index (χ0v) is 30.3. The third kappa shape index (κ3) is 4.74. The van der Waals surface area contributed by atoms with Gasteiger partial charge in [-0.1, -0.05) is 78.9 Å². The summed E-state index contributed by atoms with van der Waals surface area (Å²) < 4.78 is 6.72. The summed E-state index contributed by atoms with van der Waals surface area (Å²) >= 11 is 0. The van der Waals surface area contributed by atoms with Crippen LogP contribution in [0.4, 0.5) is 0 Å². The van der Waals surface area contributed by atoms with E-state index in [0.717, 1.165) is 82.8 Å². The fraction of sp³-hybridized carbons (Fsp3) is 0. The molecule has 0 aliphatic heterocycles. The number of nitrogens with zero attached hydrogens (tertiary/aromatic N) is 6. The van der Waals surface area contributed by atoms with E-state index in [1.165, 1.54) is 10.8 Å². The fourth-order valence-electron chi connectivity index (χ4n) is 8.80. The van der Waals surface area contributed by atoms with Gasteiger partial charge < -0.3 is 13.7 Å². The molecule has 0 unspecified atom stereocenters. The van der Waals surface area contributed by atoms with Crippen LogP contribution in [0.2, 0.25) is 0 Å². The first-order valence-corrected chi connectivity index (χ1v) is 18.7. The van der Waals surface area contributed by atoms with Gasteiger partial charge in [0.05, 0.1) is 67.6 Å². The molecule has 8 aromatic carbocycles. The summed E-state index contributed by atoms with van der Waals surface area (Å²) in [5.41, 5.74) is 12.8. The Hall–Kier alpha value is -8.37. The van der Waals surface area contributed by atoms with Crippen LogP contribution in [-0.4, -0.2) is 13.7 Å². The molecule has 6 heteroatoms. The molecular weight excluding hydrogens is 697 g/mol. The summed E-state index contributed by atoms with van der Waals surface area (Å²) in [5, 5.41) is 36.4. The molecular formula is C51H28N6. The van der Waals surface area contributed by atoms with Crippen LogP contribution < -0.4 is 0 Å². The van der Waals surface area contributed by atoms with Gasteiger partial charge in [0, 0.05) is 43.7 Å². The molecule has 0 amide bonds. The van der Waals surface area contributed by atoms with E-state index >= 15 is 0 Å². The van der Waals surface area contributed by atoms with E-state index in [-0.39, 0.29) is 0 Å². The molecule has 3 aromatic heterocycles. The average Bonchev–Trinajstić information content (AvgIpc) is 3.91. The highest BCUT2D eigenvalue weighted by atomic mass is 15.0. The van der Waals surface area contributed by atoms with Crippen LogP contribution in [0, 0.1) is 34.0 Å². The smallest absolute Gasteiger partial charge is 0.101 e. The first-order chi connectivity index (χ1) is 28.1. The molecule has 0 radical (unpaired) electrons. The second-order valence-electron chi connectivity index (χ2n) is 14.3. The Morgan fingerprint density at radius 3 is 1.39 bits per heavy atom. The van der Waals surface area contributed by atoms with Gasteiger partial charge in [-0.3, -0.25) is 0 Å². The number of hydrogen-bond donors (Lipinski definition) is 0. The van der Waals surface area contributed by atoms with E-state index in [1.54, 1.807) is 0 Å². The summed E-state index contributed by atoms with van der Waals surface area (Å²) in [6.07, 6.45) is 0. The maximum atomic E-state index is 10.5. The minimum absolute atomic E-state index is 0.553. The van der Waals surface area contributed by atoms with Gasteiger partial charge in [0.1, 0.15) is 6.07 Å². The zero-order chi connectivity index (χ0) is 38.2. The van der Waals surface area contributed by atoms with Gasteiger partial charge in [0.25, 0.3) is 0 Å². The fourth-order valence-corrected chi connectivity index (χ4v) is 8.80. The molecule has 11 rings (SSSR count). The summed E-state index contributed by atoms with van der Waals surface area (Å²) in [6.45, 7) is 0. The number of nitriles is 3. The lowest BCUT2D eigenvalue weighted by Gasteiger charge is -2.13. The Balaban J connectivity index is 1.05. The van der Waals surface area contributed by atoms with E-state index in [2.05, 4.69) is 141 Å². The predicted molar refractivity (Wildman–Crippen MR) is 229 cm³/mol. The molecule has 0 aliphatic carbocycles. The number of hydrogen-bond acceptors (Lipinski definition) is 3. The van der Waals surface area contributed by atoms with Crippen molar-refractivity contribution in [1.82, 2.24) is 13.7 Å². The number of rotatable bonds is 4. The van der Waals surface area contributed by atoms with Crippen molar-refractivity contribution in [1.29, 1.82) is 15.8 Å². The minimum atomic E-state index is 0.553. The SMILES string of the molecule is N#Cc1ccc2c(c1)c1ccc(-n3c4ccccc4c4ccccc43)cc1n2-c1ccc(-c2ccc(-n3c4ccccc4c4cc(C#N)ccc43)c(C#N)c2)cc1. The summed E-state index contributed by atoms with van der Waals surface area (Å²) in [5.74, 6) is 0. The highest BCUT2D eigenvalue weighted by Gasteiger charge is 2.19. The van der Waals surface area contributed by atoms with Gasteiger partial charge in [0.15, 0.2) is 0 Å². The van der Waals surface area contributed by atoms with Gasteiger partial charge >= 0.3 is 0 Å². The van der Waals surface area contributed by atoms with Crippen molar-refractivity contribution >= 4 is 65.4 Å². The molecule has 0 saturated heterocycles. The van der Waals surface area contributed by atoms with Crippen molar-refractivity contribution in [2.45, 2.75) is 0 Å². The molecule has 11 aromatic rings. The molecule has 3 heterocycles. The Morgan fingerprint density at radius 2 is 0.789 bits per heavy atom. The van der Waals surface area contributed by atoms with Crippen LogP contribution in [-0.2, 0) is 0 Å². The Labute approximate surface area is 326 Å². The van der Waals surface area contributed by atoms with Crippen molar-refractivity contribution in [3.8, 4) is 46.4 Å². The number of fused-ring (bicyclic) bond motifs is 9. The largest absolute Gasteiger partial charge is 0.309 e. The van der Waals surface area contributed by atoms with Crippen LogP contribution in [0.3, 0.4) is 0 Å². The Bertz CT molecular complexity index is 3560. The summed E-state index contributed by atoms with van der Waals surface area (Å²) in [4.78, 5) is 0. The zero-order valence-electron chi connectivity index (χ0n) is 30.3. The second-order valence-corrected chi connectivity index (χ2v) is 14.3. The standard InChI is InChI=1S/C51H28N6/c52-29-32-13-22-49-44(26-32)42-21-20-38(56-46-10-4-1-7-39(46)40-8-2-5-11-47(40)56)28-51(42)55(49)37-18-15-34(16-19-37)35-17-24-45(36(27-35)31-54)57-48-12-6-3-9-41(48)43-25-33(30-53)14-23-50(43)57/h1-28H. The highest BCUT2D eigenvalue weighted by Crippen LogP contribution is 2.39. The molecule has 6 nitrogen and oxygen atoms in total. The first-order valence-electron chi connectivity index (χ1n) is 18.7. The van der Waals surface area contributed by atoms with Gasteiger partial charge in [-0.25, -0.2) is 0 Å². The highest BCUT2D eigenvalue weighted by molar-refractivity contribution is 6.13. The maximum Gasteiger partial charge on any atom is 0.101 e. The molecule has 262 valence electrons. The minimum Gasteiger partial charge on any atom is -0.309 e. The van der Waals surface area contributed by atoms with E-state index < -0.39 is 0 Å². The quantitative estimate of drug-likeness (QED) is 0.181.